The van der Waals surface area contributed by atoms with Crippen molar-refractivity contribution >= 4 is 48.3 Å². The van der Waals surface area contributed by atoms with Gasteiger partial charge >= 0.3 is 0 Å². The molecule has 2 aromatic heterocycles. The predicted octanol–water partition coefficient (Wildman–Crippen LogP) is 4.47. The van der Waals surface area contributed by atoms with Gasteiger partial charge < -0.3 is 4.42 Å². The molecule has 0 saturated heterocycles. The monoisotopic (exact) mass is 480 g/mol. The summed E-state index contributed by atoms with van der Waals surface area (Å²) in [6, 6.07) is 15.7. The Bertz CT molecular complexity index is 1450. The average Bonchev–Trinajstić information content (AvgIpc) is 3.39. The molecule has 33 heavy (non-hydrogen) atoms. The molecule has 0 spiro atoms. The lowest BCUT2D eigenvalue weighted by Crippen LogP contribution is -2.22. The number of aromatic nitrogens is 1. The van der Waals surface area contributed by atoms with Crippen LogP contribution in [0.1, 0.15) is 40.3 Å². The van der Waals surface area contributed by atoms with E-state index in [2.05, 4.69) is 20.2 Å². The molecule has 5 rings (SSSR count). The van der Waals surface area contributed by atoms with Crippen molar-refractivity contribution in [1.29, 1.82) is 0 Å². The quantitative estimate of drug-likeness (QED) is 0.409. The maximum absolute atomic E-state index is 12.9. The van der Waals surface area contributed by atoms with Gasteiger partial charge in [0.05, 0.1) is 20.8 Å². The fourth-order valence-electron chi connectivity index (χ4n) is 3.84. The summed E-state index contributed by atoms with van der Waals surface area (Å²) in [5.41, 5.74) is 2.68. The number of para-hydroxylation sites is 1. The first-order valence-electron chi connectivity index (χ1n) is 10.4. The smallest absolute Gasteiger partial charge is 0.293 e. The zero-order valence-corrected chi connectivity index (χ0v) is 19.3. The van der Waals surface area contributed by atoms with Gasteiger partial charge in [0.15, 0.2) is 10.9 Å². The predicted molar refractivity (Wildman–Crippen MR) is 127 cm³/mol. The number of nitrogens with zero attached hydrogens (tertiary/aromatic N) is 2. The molecule has 1 aliphatic rings. The molecule has 4 aromatic rings. The van der Waals surface area contributed by atoms with Crippen molar-refractivity contribution in [3.05, 3.63) is 77.2 Å². The maximum Gasteiger partial charge on any atom is 0.293 e. The topological polar surface area (TPSA) is 114 Å². The summed E-state index contributed by atoms with van der Waals surface area (Å²) in [5, 5.41) is 7.49. The van der Waals surface area contributed by atoms with E-state index in [1.807, 2.05) is 24.3 Å². The molecule has 168 valence electrons. The normalized spacial score (nSPS) is 14.9. The molecule has 2 heterocycles. The molecule has 0 fully saturated rings. The highest BCUT2D eigenvalue weighted by molar-refractivity contribution is 7.89. The minimum Gasteiger partial charge on any atom is -0.455 e. The third-order valence-corrected chi connectivity index (χ3v) is 7.58. The van der Waals surface area contributed by atoms with Crippen LogP contribution in [0.4, 0.5) is 5.13 Å². The zero-order valence-electron chi connectivity index (χ0n) is 17.7. The summed E-state index contributed by atoms with van der Waals surface area (Å²) in [6.45, 7) is 1.78. The Kier molecular flexibility index (Phi) is 5.47. The highest BCUT2D eigenvalue weighted by Gasteiger charge is 2.29. The Morgan fingerprint density at radius 3 is 2.64 bits per heavy atom. The number of furan rings is 1. The van der Waals surface area contributed by atoms with E-state index in [4.69, 9.17) is 4.42 Å². The molecule has 1 amide bonds. The van der Waals surface area contributed by atoms with Crippen molar-refractivity contribution in [2.75, 3.05) is 5.32 Å². The van der Waals surface area contributed by atoms with Crippen molar-refractivity contribution in [2.45, 2.75) is 31.1 Å². The lowest BCUT2D eigenvalue weighted by atomic mass is 9.93. The average molecular weight is 481 g/mol. The van der Waals surface area contributed by atoms with Gasteiger partial charge in [-0.25, -0.2) is 4.98 Å². The van der Waals surface area contributed by atoms with Crippen LogP contribution >= 0.6 is 11.3 Å². The molecular weight excluding hydrogens is 460 g/mol. The van der Waals surface area contributed by atoms with Gasteiger partial charge in [-0.2, -0.15) is 18.4 Å². The van der Waals surface area contributed by atoms with Crippen molar-refractivity contribution in [1.82, 2.24) is 9.82 Å². The van der Waals surface area contributed by atoms with E-state index in [-0.39, 0.29) is 10.7 Å². The van der Waals surface area contributed by atoms with E-state index in [0.29, 0.717) is 40.6 Å². The Morgan fingerprint density at radius 2 is 1.85 bits per heavy atom. The van der Waals surface area contributed by atoms with Crippen LogP contribution in [0.15, 0.2) is 69.0 Å². The molecule has 0 atom stereocenters. The number of hydrogen-bond acceptors (Lipinski definition) is 7. The third kappa shape index (κ3) is 4.14. The second kappa shape index (κ2) is 8.45. The van der Waals surface area contributed by atoms with E-state index in [0.717, 1.165) is 16.6 Å². The number of hydrogen-bond donors (Lipinski definition) is 2. The Morgan fingerprint density at radius 1 is 1.09 bits per heavy atom. The van der Waals surface area contributed by atoms with Crippen LogP contribution in [0.2, 0.25) is 0 Å². The molecule has 0 aliphatic heterocycles. The van der Waals surface area contributed by atoms with E-state index < -0.39 is 15.9 Å². The standard InChI is InChI=1S/C23H20N4O4S2/c1-14-20-17(26-27-33(29,30)15-8-3-2-4-9-15)11-7-12-18(20)31-21(14)22(28)25-23-24-16-10-5-6-13-19(16)32-23/h2-6,8-10,13,27H,7,11-12H2,1H3,(H,24,25,28)/b26-17+. The lowest BCUT2D eigenvalue weighted by Gasteiger charge is -2.14. The lowest BCUT2D eigenvalue weighted by molar-refractivity contribution is 0.0994. The molecule has 0 unspecified atom stereocenters. The van der Waals surface area contributed by atoms with Crippen LogP contribution in [0.3, 0.4) is 0 Å². The summed E-state index contributed by atoms with van der Waals surface area (Å²) < 4.78 is 32.0. The first-order chi connectivity index (χ1) is 15.9. The van der Waals surface area contributed by atoms with Gasteiger partial charge in [-0.3, -0.25) is 10.1 Å². The second-order valence-electron chi connectivity index (χ2n) is 7.62. The van der Waals surface area contributed by atoms with Crippen LogP contribution in [-0.2, 0) is 16.4 Å². The van der Waals surface area contributed by atoms with Gasteiger partial charge in [0, 0.05) is 17.5 Å². The van der Waals surface area contributed by atoms with E-state index in [1.165, 1.54) is 23.5 Å². The van der Waals surface area contributed by atoms with Crippen LogP contribution in [0, 0.1) is 6.92 Å². The van der Waals surface area contributed by atoms with Gasteiger partial charge in [-0.05, 0) is 44.0 Å². The highest BCUT2D eigenvalue weighted by atomic mass is 32.2. The molecular formula is C23H20N4O4S2. The van der Waals surface area contributed by atoms with Crippen LogP contribution in [0.25, 0.3) is 10.2 Å². The number of anilines is 1. The van der Waals surface area contributed by atoms with E-state index in [1.54, 1.807) is 25.1 Å². The number of amides is 1. The number of carbonyl (C=O) groups excluding carboxylic acids is 1. The Hall–Kier alpha value is -3.50. The highest BCUT2D eigenvalue weighted by Crippen LogP contribution is 2.31. The summed E-state index contributed by atoms with van der Waals surface area (Å²) in [5.74, 6) is 0.413. The molecule has 2 aromatic carbocycles. The molecule has 0 bridgehead atoms. The van der Waals surface area contributed by atoms with Gasteiger partial charge in [-0.15, -0.1) is 0 Å². The SMILES string of the molecule is Cc1c(C(=O)Nc2nc3ccccc3s2)oc2c1/C(=N/NS(=O)(=O)c1ccccc1)CCC2. The number of hydrazone groups is 1. The van der Waals surface area contributed by atoms with Crippen molar-refractivity contribution < 1.29 is 17.6 Å². The minimum absolute atomic E-state index is 0.130. The van der Waals surface area contributed by atoms with Gasteiger partial charge in [0.1, 0.15) is 5.76 Å². The number of aryl methyl sites for hydroxylation is 1. The largest absolute Gasteiger partial charge is 0.455 e. The maximum atomic E-state index is 12.9. The molecule has 0 saturated carbocycles. The first kappa shape index (κ1) is 21.4. The second-order valence-corrected chi connectivity index (χ2v) is 10.3. The molecule has 8 nitrogen and oxygen atoms in total. The first-order valence-corrected chi connectivity index (χ1v) is 12.7. The van der Waals surface area contributed by atoms with Crippen LogP contribution in [-0.4, -0.2) is 25.0 Å². The van der Waals surface area contributed by atoms with Crippen molar-refractivity contribution in [3.63, 3.8) is 0 Å². The third-order valence-electron chi connectivity index (χ3n) is 5.40. The molecule has 1 aliphatic carbocycles. The summed E-state index contributed by atoms with van der Waals surface area (Å²) in [4.78, 5) is 19.8. The van der Waals surface area contributed by atoms with Crippen LogP contribution in [0.5, 0.6) is 0 Å². The molecule has 2 N–H and O–H groups in total. The fraction of sp³-hybridized carbons (Fsp3) is 0.174. The molecule has 10 heteroatoms. The van der Waals surface area contributed by atoms with Crippen molar-refractivity contribution in [3.8, 4) is 0 Å². The van der Waals surface area contributed by atoms with Crippen molar-refractivity contribution in [2.24, 2.45) is 5.10 Å². The Labute approximate surface area is 194 Å². The van der Waals surface area contributed by atoms with E-state index in [9.17, 15) is 13.2 Å². The minimum atomic E-state index is -3.79. The van der Waals surface area contributed by atoms with Crippen LogP contribution < -0.4 is 10.1 Å². The summed E-state index contributed by atoms with van der Waals surface area (Å²) in [7, 11) is -3.79. The summed E-state index contributed by atoms with van der Waals surface area (Å²) in [6.07, 6.45) is 1.96. The number of benzene rings is 2. The zero-order chi connectivity index (χ0) is 23.0. The Balaban J connectivity index is 1.41. The van der Waals surface area contributed by atoms with Gasteiger partial charge in [0.25, 0.3) is 15.9 Å². The van der Waals surface area contributed by atoms with Gasteiger partial charge in [-0.1, -0.05) is 41.7 Å². The number of sulfonamides is 1. The number of carbonyl (C=O) groups is 1. The fourth-order valence-corrected chi connectivity index (χ4v) is 5.56. The number of fused-ring (bicyclic) bond motifs is 2. The number of nitrogens with one attached hydrogen (secondary N) is 2. The number of rotatable bonds is 5. The molecule has 0 radical (unpaired) electrons. The van der Waals surface area contributed by atoms with E-state index >= 15 is 0 Å². The number of thiazole rings is 1. The summed E-state index contributed by atoms with van der Waals surface area (Å²) >= 11 is 1.39. The van der Waals surface area contributed by atoms with Gasteiger partial charge in [0.2, 0.25) is 0 Å².